The van der Waals surface area contributed by atoms with Crippen LogP contribution in [0.15, 0.2) is 60.8 Å². The molecule has 2 atom stereocenters. The number of aryl methyl sites for hydroxylation is 1. The second kappa shape index (κ2) is 16.1. The van der Waals surface area contributed by atoms with Gasteiger partial charge in [0.2, 0.25) is 0 Å². The first-order chi connectivity index (χ1) is 22.6. The highest BCUT2D eigenvalue weighted by Gasteiger charge is 2.30. The summed E-state index contributed by atoms with van der Waals surface area (Å²) in [4.78, 5) is 16.6. The fraction of sp³-hybridized carbons (Fsp3) is 0.389. The number of unbranched alkanes of at least 4 members (excludes halogenated alkanes) is 1. The molecule has 0 aliphatic rings. The number of rotatable bonds is 16. The van der Waals surface area contributed by atoms with Crippen LogP contribution in [-0.4, -0.2) is 65.9 Å². The molecule has 0 fully saturated rings. The summed E-state index contributed by atoms with van der Waals surface area (Å²) in [5.41, 5.74) is 2.26. The number of halogens is 4. The number of quaternary nitrogens is 1. The number of aliphatic carboxylic acids is 1. The molecule has 1 aromatic heterocycles. The van der Waals surface area contributed by atoms with Gasteiger partial charge in [0.15, 0.2) is 0 Å². The first kappa shape index (κ1) is 37.7. The summed E-state index contributed by atoms with van der Waals surface area (Å²) in [6, 6.07) is 14.2. The van der Waals surface area contributed by atoms with Gasteiger partial charge in [-0.3, -0.25) is 14.4 Å². The molecule has 0 aliphatic heterocycles. The number of carbonyl (C=O) groups is 1. The maximum absolute atomic E-state index is 15.5. The zero-order chi connectivity index (χ0) is 35.2. The molecule has 7 nitrogen and oxygen atoms in total. The Labute approximate surface area is 293 Å². The Kier molecular flexibility index (Phi) is 12.7. The van der Waals surface area contributed by atoms with Gasteiger partial charge in [-0.05, 0) is 93.8 Å². The fourth-order valence-corrected chi connectivity index (χ4v) is 7.21. The first-order valence-electron chi connectivity index (χ1n) is 15.8. The maximum Gasteiger partial charge on any atom is 0.320 e. The van der Waals surface area contributed by atoms with Crippen LogP contribution in [0.4, 0.5) is 8.78 Å². The number of nitrogens with one attached hydrogen (secondary N) is 1. The van der Waals surface area contributed by atoms with Gasteiger partial charge in [-0.25, -0.2) is 13.8 Å². The molecule has 2 N–H and O–H groups in total. The normalized spacial score (nSPS) is 13.0. The largest absolute Gasteiger partial charge is 0.495 e. The molecule has 258 valence electrons. The SMILES string of the molecule is COc1cc(C(C)(C)c2cnc(CCc3c(F)cc(PNC(CCCC[N+](C)(C)C)C(=O)O)cc3Cl)n2-c2ccc(F)cc2)ccc1Cl. The number of ether oxygens (including phenoxy) is 1. The van der Waals surface area contributed by atoms with Crippen molar-refractivity contribution in [3.63, 3.8) is 0 Å². The van der Waals surface area contributed by atoms with Crippen LogP contribution in [0, 0.1) is 11.6 Å². The lowest BCUT2D eigenvalue weighted by Gasteiger charge is -2.28. The predicted octanol–water partition coefficient (Wildman–Crippen LogP) is 7.72. The van der Waals surface area contributed by atoms with Crippen LogP contribution in [0.5, 0.6) is 5.75 Å². The number of methoxy groups -OCH3 is 1. The van der Waals surface area contributed by atoms with E-state index >= 15 is 4.39 Å². The molecule has 2 unspecified atom stereocenters. The standard InChI is InChI=1S/C36H43Cl2F2N4O3P/c1-36(2,23-10-16-28(37)32(19-23)47-6)33-22-41-34(43(33)25-13-11-24(39)12-14-25)17-15-27-29(38)20-26(21-30(27)40)48-42-31(35(45)46)9-7-8-18-44(3,4)5/h10-14,16,19-22,31,42,48H,7-9,15,17-18H2,1-6H3/p+1. The Bertz CT molecular complexity index is 1700. The molecule has 0 bridgehead atoms. The van der Waals surface area contributed by atoms with Crippen LogP contribution in [0.3, 0.4) is 0 Å². The number of hydrogen-bond donors (Lipinski definition) is 2. The Morgan fingerprint density at radius 2 is 1.75 bits per heavy atom. The highest BCUT2D eigenvalue weighted by molar-refractivity contribution is 7.45. The van der Waals surface area contributed by atoms with E-state index in [1.54, 1.807) is 37.6 Å². The Morgan fingerprint density at radius 1 is 1.04 bits per heavy atom. The van der Waals surface area contributed by atoms with E-state index in [1.807, 2.05) is 16.7 Å². The van der Waals surface area contributed by atoms with Crippen molar-refractivity contribution < 1.29 is 27.9 Å². The number of nitrogens with zero attached hydrogens (tertiary/aromatic N) is 3. The van der Waals surface area contributed by atoms with Crippen molar-refractivity contribution in [1.29, 1.82) is 0 Å². The molecule has 3 aromatic carbocycles. The average Bonchev–Trinajstić information content (AvgIpc) is 3.45. The number of imidazole rings is 1. The lowest BCUT2D eigenvalue weighted by molar-refractivity contribution is -0.870. The van der Waals surface area contributed by atoms with Crippen molar-refractivity contribution in [2.24, 2.45) is 0 Å². The zero-order valence-electron chi connectivity index (χ0n) is 28.2. The van der Waals surface area contributed by atoms with Crippen molar-refractivity contribution in [3.05, 3.63) is 105 Å². The predicted molar refractivity (Wildman–Crippen MR) is 192 cm³/mol. The van der Waals surface area contributed by atoms with Crippen molar-refractivity contribution in [2.75, 3.05) is 34.8 Å². The molecular formula is C36H44Cl2F2N4O3P+. The van der Waals surface area contributed by atoms with E-state index in [2.05, 4.69) is 40.1 Å². The van der Waals surface area contributed by atoms with Crippen molar-refractivity contribution in [2.45, 2.75) is 57.4 Å². The number of benzene rings is 3. The lowest BCUT2D eigenvalue weighted by Crippen LogP contribution is -2.36. The average molecular weight is 721 g/mol. The van der Waals surface area contributed by atoms with Crippen molar-refractivity contribution in [3.8, 4) is 11.4 Å². The Balaban J connectivity index is 1.54. The van der Waals surface area contributed by atoms with Crippen molar-refractivity contribution in [1.82, 2.24) is 14.6 Å². The molecule has 4 aromatic rings. The molecule has 12 heteroatoms. The minimum Gasteiger partial charge on any atom is -0.495 e. The minimum atomic E-state index is -0.926. The van der Waals surface area contributed by atoms with Crippen LogP contribution in [0.2, 0.25) is 10.0 Å². The quantitative estimate of drug-likeness (QED) is 0.0705. The maximum atomic E-state index is 15.5. The zero-order valence-corrected chi connectivity index (χ0v) is 30.7. The molecule has 0 radical (unpaired) electrons. The molecule has 0 saturated heterocycles. The third-order valence-corrected chi connectivity index (χ3v) is 10.2. The number of carboxylic acid groups (broad SMARTS) is 1. The van der Waals surface area contributed by atoms with Gasteiger partial charge in [0.05, 0.1) is 45.5 Å². The topological polar surface area (TPSA) is 76.4 Å². The molecule has 0 amide bonds. The molecule has 48 heavy (non-hydrogen) atoms. The highest BCUT2D eigenvalue weighted by atomic mass is 35.5. The number of aromatic nitrogens is 2. The third kappa shape index (κ3) is 9.54. The Hall–Kier alpha value is -3.07. The summed E-state index contributed by atoms with van der Waals surface area (Å²) in [7, 11) is 7.76. The minimum absolute atomic E-state index is 0.122. The van der Waals surface area contributed by atoms with E-state index in [0.717, 1.165) is 35.1 Å². The van der Waals surface area contributed by atoms with Crippen molar-refractivity contribution >= 4 is 43.2 Å². The number of carboxylic acids is 1. The molecule has 4 rings (SSSR count). The van der Waals surface area contributed by atoms with Gasteiger partial charge in [0, 0.05) is 34.3 Å². The molecule has 0 aliphatic carbocycles. The fourth-order valence-electron chi connectivity index (χ4n) is 5.60. The van der Waals surface area contributed by atoms with Crippen LogP contribution < -0.4 is 15.1 Å². The van der Waals surface area contributed by atoms with Crippen LogP contribution in [0.25, 0.3) is 5.69 Å². The first-order valence-corrected chi connectivity index (χ1v) is 17.6. The smallest absolute Gasteiger partial charge is 0.320 e. The van der Waals surface area contributed by atoms with Gasteiger partial charge < -0.3 is 14.3 Å². The monoisotopic (exact) mass is 719 g/mol. The van der Waals surface area contributed by atoms with Gasteiger partial charge in [-0.2, -0.15) is 0 Å². The second-order valence-corrected chi connectivity index (χ2v) is 15.4. The summed E-state index contributed by atoms with van der Waals surface area (Å²) >= 11 is 12.9. The van der Waals surface area contributed by atoms with Gasteiger partial charge in [0.1, 0.15) is 29.3 Å². The number of hydrogen-bond acceptors (Lipinski definition) is 4. The van der Waals surface area contributed by atoms with Gasteiger partial charge >= 0.3 is 5.97 Å². The molecule has 0 spiro atoms. The third-order valence-electron chi connectivity index (χ3n) is 8.43. The van der Waals surface area contributed by atoms with E-state index in [9.17, 15) is 14.3 Å². The summed E-state index contributed by atoms with van der Waals surface area (Å²) in [6.07, 6.45) is 4.58. The lowest BCUT2D eigenvalue weighted by atomic mass is 9.81. The summed E-state index contributed by atoms with van der Waals surface area (Å²) in [5.74, 6) is -0.542. The van der Waals surface area contributed by atoms with Crippen LogP contribution in [0.1, 0.15) is 55.8 Å². The summed E-state index contributed by atoms with van der Waals surface area (Å²) in [5, 5.41) is 14.1. The van der Waals surface area contributed by atoms with E-state index in [0.29, 0.717) is 46.0 Å². The molecule has 1 heterocycles. The highest BCUT2D eigenvalue weighted by Crippen LogP contribution is 2.38. The van der Waals surface area contributed by atoms with E-state index < -0.39 is 23.2 Å². The molecule has 0 saturated carbocycles. The summed E-state index contributed by atoms with van der Waals surface area (Å²) < 4.78 is 37.7. The van der Waals surface area contributed by atoms with Gasteiger partial charge in [-0.1, -0.05) is 43.1 Å². The van der Waals surface area contributed by atoms with E-state index in [4.69, 9.17) is 32.9 Å². The van der Waals surface area contributed by atoms with Crippen LogP contribution in [-0.2, 0) is 23.1 Å². The Morgan fingerprint density at radius 3 is 2.38 bits per heavy atom. The second-order valence-electron chi connectivity index (χ2n) is 13.4. The van der Waals surface area contributed by atoms with E-state index in [-0.39, 0.29) is 26.0 Å². The summed E-state index contributed by atoms with van der Waals surface area (Å²) in [6.45, 7) is 5.07. The van der Waals surface area contributed by atoms with Crippen LogP contribution >= 0.6 is 31.9 Å². The van der Waals surface area contributed by atoms with E-state index in [1.165, 1.54) is 18.2 Å². The van der Waals surface area contributed by atoms with Gasteiger partial charge in [-0.15, -0.1) is 0 Å². The molecular weight excluding hydrogens is 676 g/mol. The van der Waals surface area contributed by atoms with Gasteiger partial charge in [0.25, 0.3) is 0 Å².